The molecular weight excluding hydrogens is 342 g/mol. The monoisotopic (exact) mass is 355 g/mol. The lowest BCUT2D eigenvalue weighted by Crippen LogP contribution is -2.10. The molecule has 0 bridgehead atoms. The molecule has 23 heavy (non-hydrogen) atoms. The van der Waals surface area contributed by atoms with Gasteiger partial charge in [-0.3, -0.25) is 4.79 Å². The van der Waals surface area contributed by atoms with E-state index < -0.39 is 15.6 Å². The normalized spacial score (nSPS) is 14.7. The Balaban J connectivity index is 2.16. The maximum atomic E-state index is 12.8. The lowest BCUT2D eigenvalue weighted by Gasteiger charge is -2.13. The quantitative estimate of drug-likeness (QED) is 0.766. The van der Waals surface area contributed by atoms with E-state index in [9.17, 15) is 13.2 Å². The van der Waals surface area contributed by atoms with E-state index in [1.54, 1.807) is 0 Å². The number of hydrogen-bond acceptors (Lipinski definition) is 6. The number of carbonyl (C=O) groups is 1. The molecule has 0 radical (unpaired) electrons. The third-order valence-corrected chi connectivity index (χ3v) is 5.25. The van der Waals surface area contributed by atoms with E-state index in [0.717, 1.165) is 19.1 Å². The van der Waals surface area contributed by atoms with Crippen molar-refractivity contribution in [3.8, 4) is 5.75 Å². The third kappa shape index (κ3) is 2.86. The Bertz CT molecular complexity index is 883. The summed E-state index contributed by atoms with van der Waals surface area (Å²) in [6.07, 6.45) is 4.26. The van der Waals surface area contributed by atoms with Crippen molar-refractivity contribution in [1.82, 2.24) is 5.16 Å². The zero-order chi connectivity index (χ0) is 16.8. The van der Waals surface area contributed by atoms with Crippen LogP contribution in [0.4, 0.5) is 0 Å². The number of aromatic nitrogens is 1. The second-order valence-electron chi connectivity index (χ2n) is 5.44. The molecule has 122 valence electrons. The number of carbonyl (C=O) groups excluding carboxylic acids is 1. The third-order valence-electron chi connectivity index (χ3n) is 3.67. The van der Waals surface area contributed by atoms with Gasteiger partial charge < -0.3 is 9.26 Å². The topological polar surface area (TPSA) is 86.5 Å². The summed E-state index contributed by atoms with van der Waals surface area (Å²) in [5.74, 6) is 0.275. The van der Waals surface area contributed by atoms with Gasteiger partial charge in [0.1, 0.15) is 10.6 Å². The first-order chi connectivity index (χ1) is 10.8. The zero-order valence-electron chi connectivity index (χ0n) is 12.5. The fourth-order valence-corrected chi connectivity index (χ4v) is 3.99. The maximum Gasteiger partial charge on any atom is 0.202 e. The molecule has 8 heteroatoms. The average molecular weight is 356 g/mol. The molecule has 0 atom stereocenters. The number of halogens is 1. The number of rotatable bonds is 5. The minimum Gasteiger partial charge on any atom is -0.495 e. The van der Waals surface area contributed by atoms with Crippen molar-refractivity contribution in [2.24, 2.45) is 0 Å². The fraction of sp³-hybridized carbons (Fsp3) is 0.333. The summed E-state index contributed by atoms with van der Waals surface area (Å²) in [6, 6.07) is 2.82. The van der Waals surface area contributed by atoms with Gasteiger partial charge in [0.25, 0.3) is 0 Å². The molecule has 0 amide bonds. The van der Waals surface area contributed by atoms with Crippen LogP contribution in [0.3, 0.4) is 0 Å². The summed E-state index contributed by atoms with van der Waals surface area (Å²) < 4.78 is 34.3. The molecule has 1 aliphatic rings. The van der Waals surface area contributed by atoms with Crippen LogP contribution in [0, 0.1) is 0 Å². The van der Waals surface area contributed by atoms with E-state index in [-0.39, 0.29) is 27.1 Å². The number of methoxy groups -OCH3 is 1. The van der Waals surface area contributed by atoms with E-state index in [1.165, 1.54) is 25.4 Å². The van der Waals surface area contributed by atoms with E-state index >= 15 is 0 Å². The minimum atomic E-state index is -3.66. The summed E-state index contributed by atoms with van der Waals surface area (Å²) in [4.78, 5) is 12.6. The molecule has 1 saturated carbocycles. The van der Waals surface area contributed by atoms with Gasteiger partial charge in [0.15, 0.2) is 15.6 Å². The second kappa shape index (κ2) is 5.65. The summed E-state index contributed by atoms with van der Waals surface area (Å²) in [6.45, 7) is 0. The molecule has 0 spiro atoms. The Labute approximate surface area is 138 Å². The fourth-order valence-electron chi connectivity index (χ4n) is 2.47. The molecule has 1 aliphatic carbocycles. The van der Waals surface area contributed by atoms with Gasteiger partial charge in [0.05, 0.1) is 29.5 Å². The summed E-state index contributed by atoms with van der Waals surface area (Å²) in [7, 11) is -2.37. The van der Waals surface area contributed by atoms with Crippen LogP contribution >= 0.6 is 11.6 Å². The Hall–Kier alpha value is -1.86. The first-order valence-electron chi connectivity index (χ1n) is 6.90. The molecule has 1 heterocycles. The molecule has 0 unspecified atom stereocenters. The number of sulfone groups is 1. The number of hydrogen-bond donors (Lipinski definition) is 0. The van der Waals surface area contributed by atoms with Gasteiger partial charge in [0.2, 0.25) is 5.78 Å². The minimum absolute atomic E-state index is 0.00800. The van der Waals surface area contributed by atoms with Crippen molar-refractivity contribution in [2.75, 3.05) is 13.4 Å². The Morgan fingerprint density at radius 2 is 2.04 bits per heavy atom. The van der Waals surface area contributed by atoms with E-state index in [1.807, 2.05) is 0 Å². The molecule has 0 N–H and O–H groups in total. The van der Waals surface area contributed by atoms with Crippen molar-refractivity contribution in [1.29, 1.82) is 0 Å². The average Bonchev–Trinajstić information content (AvgIpc) is 3.21. The zero-order valence-corrected chi connectivity index (χ0v) is 14.1. The van der Waals surface area contributed by atoms with Crippen LogP contribution in [0.2, 0.25) is 5.02 Å². The Morgan fingerprint density at radius 1 is 1.35 bits per heavy atom. The van der Waals surface area contributed by atoms with Gasteiger partial charge in [-0.15, -0.1) is 0 Å². The van der Waals surface area contributed by atoms with Crippen LogP contribution in [0.1, 0.15) is 40.4 Å². The van der Waals surface area contributed by atoms with E-state index in [4.69, 9.17) is 20.9 Å². The van der Waals surface area contributed by atoms with Crippen LogP contribution < -0.4 is 4.74 Å². The second-order valence-corrected chi connectivity index (χ2v) is 7.80. The van der Waals surface area contributed by atoms with Crippen molar-refractivity contribution in [3.63, 3.8) is 0 Å². The molecular formula is C15H14ClNO5S. The van der Waals surface area contributed by atoms with Gasteiger partial charge in [0, 0.05) is 12.2 Å². The predicted molar refractivity (Wildman–Crippen MR) is 83.0 cm³/mol. The van der Waals surface area contributed by atoms with Crippen LogP contribution in [0.25, 0.3) is 0 Å². The highest BCUT2D eigenvalue weighted by Crippen LogP contribution is 2.43. The SMILES string of the molecule is COc1c(C(=O)c2cnoc2C2CC2)ccc(Cl)c1S(C)(=O)=O. The summed E-state index contributed by atoms with van der Waals surface area (Å²) >= 11 is 5.98. The molecule has 3 rings (SSSR count). The van der Waals surface area contributed by atoms with Gasteiger partial charge in [-0.2, -0.15) is 0 Å². The van der Waals surface area contributed by atoms with Gasteiger partial charge in [-0.25, -0.2) is 8.42 Å². The maximum absolute atomic E-state index is 12.8. The van der Waals surface area contributed by atoms with Crippen molar-refractivity contribution >= 4 is 27.2 Å². The molecule has 1 fully saturated rings. The predicted octanol–water partition coefficient (Wildman–Crippen LogP) is 2.85. The highest BCUT2D eigenvalue weighted by atomic mass is 35.5. The highest BCUT2D eigenvalue weighted by molar-refractivity contribution is 7.91. The Morgan fingerprint density at radius 3 is 2.61 bits per heavy atom. The van der Waals surface area contributed by atoms with Crippen LogP contribution in [-0.2, 0) is 9.84 Å². The molecule has 2 aromatic rings. The van der Waals surface area contributed by atoms with Gasteiger partial charge in [-0.05, 0) is 25.0 Å². The molecule has 1 aromatic heterocycles. The first-order valence-corrected chi connectivity index (χ1v) is 9.17. The standard InChI is InChI=1S/C15H14ClNO5S/c1-21-14-9(5-6-11(16)15(14)23(2,19)20)12(18)10-7-17-22-13(10)8-3-4-8/h5-8H,3-4H2,1-2H3. The number of benzene rings is 1. The highest BCUT2D eigenvalue weighted by Gasteiger charge is 2.34. The lowest BCUT2D eigenvalue weighted by molar-refractivity contribution is 0.103. The Kier molecular flexibility index (Phi) is 3.93. The van der Waals surface area contributed by atoms with E-state index in [0.29, 0.717) is 11.3 Å². The van der Waals surface area contributed by atoms with Gasteiger partial charge >= 0.3 is 0 Å². The molecule has 0 saturated heterocycles. The number of nitrogens with zero attached hydrogens (tertiary/aromatic N) is 1. The number of ether oxygens (including phenoxy) is 1. The first kappa shape index (κ1) is 16.0. The molecule has 6 nitrogen and oxygen atoms in total. The molecule has 1 aromatic carbocycles. The number of ketones is 1. The van der Waals surface area contributed by atoms with Crippen molar-refractivity contribution in [3.05, 3.63) is 40.2 Å². The smallest absolute Gasteiger partial charge is 0.202 e. The summed E-state index contributed by atoms with van der Waals surface area (Å²) in [5, 5.41) is 3.70. The van der Waals surface area contributed by atoms with E-state index in [2.05, 4.69) is 5.16 Å². The summed E-state index contributed by atoms with van der Waals surface area (Å²) in [5.41, 5.74) is 0.440. The van der Waals surface area contributed by atoms with Crippen molar-refractivity contribution in [2.45, 2.75) is 23.7 Å². The van der Waals surface area contributed by atoms with Crippen LogP contribution in [-0.4, -0.2) is 32.7 Å². The van der Waals surface area contributed by atoms with Crippen LogP contribution in [0.5, 0.6) is 5.75 Å². The molecule has 0 aliphatic heterocycles. The van der Waals surface area contributed by atoms with Gasteiger partial charge in [-0.1, -0.05) is 16.8 Å². The lowest BCUT2D eigenvalue weighted by atomic mass is 10.0. The van der Waals surface area contributed by atoms with Crippen LogP contribution in [0.15, 0.2) is 27.7 Å². The van der Waals surface area contributed by atoms with Crippen molar-refractivity contribution < 1.29 is 22.5 Å². The largest absolute Gasteiger partial charge is 0.495 e.